The van der Waals surface area contributed by atoms with Gasteiger partial charge in [0.05, 0.1) is 26.0 Å². The lowest BCUT2D eigenvalue weighted by molar-refractivity contribution is -0.133. The monoisotopic (exact) mass is 404 g/mol. The Labute approximate surface area is 174 Å². The van der Waals surface area contributed by atoms with Gasteiger partial charge in [-0.15, -0.1) is 0 Å². The molecule has 0 heterocycles. The van der Waals surface area contributed by atoms with Gasteiger partial charge in [0.2, 0.25) is 0 Å². The molecule has 30 heavy (non-hydrogen) atoms. The molecule has 0 saturated carbocycles. The fraction of sp³-hybridized carbons (Fsp3) is 0.0833. The Balaban J connectivity index is 1.86. The number of carbonyl (C=O) groups is 2. The Morgan fingerprint density at radius 1 is 0.800 bits per heavy atom. The van der Waals surface area contributed by atoms with Crippen LogP contribution in [0.5, 0.6) is 17.2 Å². The summed E-state index contributed by atoms with van der Waals surface area (Å²) in [6, 6.07) is 22.4. The van der Waals surface area contributed by atoms with Crippen LogP contribution in [0.4, 0.5) is 0 Å². The van der Waals surface area contributed by atoms with Crippen LogP contribution in [0.1, 0.15) is 15.9 Å². The number of methoxy groups -OCH3 is 2. The molecule has 0 unspecified atom stereocenters. The van der Waals surface area contributed by atoms with E-state index in [4.69, 9.17) is 18.9 Å². The summed E-state index contributed by atoms with van der Waals surface area (Å²) in [5.74, 6) is 0.195. The minimum atomic E-state index is -0.562. The number of benzene rings is 3. The van der Waals surface area contributed by atoms with Crippen molar-refractivity contribution in [1.82, 2.24) is 0 Å². The van der Waals surface area contributed by atoms with Gasteiger partial charge >= 0.3 is 11.9 Å². The van der Waals surface area contributed by atoms with Crippen molar-refractivity contribution in [3.8, 4) is 17.2 Å². The molecule has 0 radical (unpaired) electrons. The molecule has 0 spiro atoms. The highest BCUT2D eigenvalue weighted by molar-refractivity contribution is 6.17. The van der Waals surface area contributed by atoms with E-state index in [-0.39, 0.29) is 5.57 Å². The number of hydrogen-bond acceptors (Lipinski definition) is 6. The maximum atomic E-state index is 12.4. The Kier molecular flexibility index (Phi) is 6.84. The quantitative estimate of drug-likeness (QED) is 0.242. The van der Waals surface area contributed by atoms with Crippen LogP contribution in [-0.4, -0.2) is 26.2 Å². The van der Waals surface area contributed by atoms with E-state index in [1.165, 1.54) is 20.5 Å². The highest BCUT2D eigenvalue weighted by Gasteiger charge is 2.18. The molecule has 3 rings (SSSR count). The fourth-order valence-corrected chi connectivity index (χ4v) is 2.70. The first-order chi connectivity index (χ1) is 14.6. The SMILES string of the molecule is CO/C=C(/C(=O)OC)c1ccccc1Oc1cccc(C(=O)Oc2ccccc2)c1. The Hall–Kier alpha value is -4.06. The van der Waals surface area contributed by atoms with E-state index in [2.05, 4.69) is 0 Å². The van der Waals surface area contributed by atoms with Gasteiger partial charge in [-0.2, -0.15) is 0 Å². The average Bonchev–Trinajstić information content (AvgIpc) is 2.78. The lowest BCUT2D eigenvalue weighted by atomic mass is 10.1. The van der Waals surface area contributed by atoms with Crippen molar-refractivity contribution in [2.45, 2.75) is 0 Å². The molecule has 3 aromatic carbocycles. The number of para-hydroxylation sites is 2. The summed E-state index contributed by atoms with van der Waals surface area (Å²) < 4.78 is 21.2. The molecular weight excluding hydrogens is 384 g/mol. The van der Waals surface area contributed by atoms with Crippen LogP contribution in [0.25, 0.3) is 5.57 Å². The Morgan fingerprint density at radius 2 is 1.50 bits per heavy atom. The lowest BCUT2D eigenvalue weighted by Crippen LogP contribution is -2.08. The van der Waals surface area contributed by atoms with Crippen LogP contribution in [0.2, 0.25) is 0 Å². The molecule has 6 nitrogen and oxygen atoms in total. The third kappa shape index (κ3) is 5.05. The Bertz CT molecular complexity index is 1060. The van der Waals surface area contributed by atoms with Crippen molar-refractivity contribution < 1.29 is 28.5 Å². The highest BCUT2D eigenvalue weighted by atomic mass is 16.5. The minimum Gasteiger partial charge on any atom is -0.503 e. The highest BCUT2D eigenvalue weighted by Crippen LogP contribution is 2.31. The van der Waals surface area contributed by atoms with E-state index >= 15 is 0 Å². The van der Waals surface area contributed by atoms with Crippen LogP contribution in [0, 0.1) is 0 Å². The van der Waals surface area contributed by atoms with E-state index < -0.39 is 11.9 Å². The summed E-state index contributed by atoms with van der Waals surface area (Å²) in [6.45, 7) is 0. The molecule has 152 valence electrons. The van der Waals surface area contributed by atoms with Gasteiger partial charge in [0, 0.05) is 5.56 Å². The van der Waals surface area contributed by atoms with Gasteiger partial charge in [0.1, 0.15) is 22.8 Å². The van der Waals surface area contributed by atoms with Gasteiger partial charge in [-0.05, 0) is 36.4 Å². The third-order valence-electron chi connectivity index (χ3n) is 4.07. The summed E-state index contributed by atoms with van der Waals surface area (Å²) in [6.07, 6.45) is 1.29. The molecule has 0 saturated heterocycles. The maximum Gasteiger partial charge on any atom is 0.343 e. The van der Waals surface area contributed by atoms with Crippen molar-refractivity contribution in [2.75, 3.05) is 14.2 Å². The van der Waals surface area contributed by atoms with E-state index in [0.717, 1.165) is 0 Å². The number of carbonyl (C=O) groups excluding carboxylic acids is 2. The van der Waals surface area contributed by atoms with Gasteiger partial charge in [0.15, 0.2) is 0 Å². The lowest BCUT2D eigenvalue weighted by Gasteiger charge is -2.13. The molecule has 0 N–H and O–H groups in total. The second-order valence-corrected chi connectivity index (χ2v) is 6.09. The number of esters is 2. The topological polar surface area (TPSA) is 71.1 Å². The summed E-state index contributed by atoms with van der Waals surface area (Å²) in [4.78, 5) is 24.6. The summed E-state index contributed by atoms with van der Waals surface area (Å²) in [7, 11) is 2.73. The number of ether oxygens (including phenoxy) is 4. The molecule has 6 heteroatoms. The van der Waals surface area contributed by atoms with Crippen molar-refractivity contribution in [1.29, 1.82) is 0 Å². The van der Waals surface area contributed by atoms with Crippen LogP contribution in [0.15, 0.2) is 85.1 Å². The standard InChI is InChI=1S/C24H20O6/c1-27-16-21(24(26)28-2)20-13-6-7-14-22(20)29-19-12-8-9-17(15-19)23(25)30-18-10-4-3-5-11-18/h3-16H,1-2H3/b21-16+. The molecule has 0 aliphatic carbocycles. The van der Waals surface area contributed by atoms with Gasteiger partial charge < -0.3 is 18.9 Å². The van der Waals surface area contributed by atoms with E-state index in [1.54, 1.807) is 72.8 Å². The fourth-order valence-electron chi connectivity index (χ4n) is 2.70. The van der Waals surface area contributed by atoms with Gasteiger partial charge in [-0.3, -0.25) is 0 Å². The molecule has 0 fully saturated rings. The van der Waals surface area contributed by atoms with Crippen molar-refractivity contribution in [3.63, 3.8) is 0 Å². The van der Waals surface area contributed by atoms with Gasteiger partial charge in [0.25, 0.3) is 0 Å². The van der Waals surface area contributed by atoms with Crippen LogP contribution in [-0.2, 0) is 14.3 Å². The predicted molar refractivity (Wildman–Crippen MR) is 111 cm³/mol. The molecule has 3 aromatic rings. The van der Waals surface area contributed by atoms with Crippen LogP contribution in [0.3, 0.4) is 0 Å². The van der Waals surface area contributed by atoms with Crippen molar-refractivity contribution in [2.24, 2.45) is 0 Å². The molecular formula is C24H20O6. The maximum absolute atomic E-state index is 12.4. The third-order valence-corrected chi connectivity index (χ3v) is 4.07. The molecule has 0 amide bonds. The van der Waals surface area contributed by atoms with E-state index in [0.29, 0.717) is 28.4 Å². The zero-order valence-corrected chi connectivity index (χ0v) is 16.5. The van der Waals surface area contributed by atoms with Crippen LogP contribution >= 0.6 is 0 Å². The van der Waals surface area contributed by atoms with Crippen molar-refractivity contribution in [3.05, 3.63) is 96.3 Å². The normalized spacial score (nSPS) is 10.8. The largest absolute Gasteiger partial charge is 0.503 e. The smallest absolute Gasteiger partial charge is 0.343 e. The minimum absolute atomic E-state index is 0.204. The van der Waals surface area contributed by atoms with E-state index in [1.807, 2.05) is 6.07 Å². The Morgan fingerprint density at radius 3 is 2.23 bits per heavy atom. The first-order valence-electron chi connectivity index (χ1n) is 9.08. The molecule has 0 atom stereocenters. The molecule has 0 aliphatic heterocycles. The summed E-state index contributed by atoms with van der Waals surface area (Å²) >= 11 is 0. The van der Waals surface area contributed by atoms with Gasteiger partial charge in [-0.1, -0.05) is 42.5 Å². The van der Waals surface area contributed by atoms with Crippen LogP contribution < -0.4 is 9.47 Å². The van der Waals surface area contributed by atoms with Gasteiger partial charge in [-0.25, -0.2) is 9.59 Å². The van der Waals surface area contributed by atoms with E-state index in [9.17, 15) is 9.59 Å². The zero-order chi connectivity index (χ0) is 21.3. The summed E-state index contributed by atoms with van der Waals surface area (Å²) in [5, 5.41) is 0. The molecule has 0 bridgehead atoms. The second kappa shape index (κ2) is 9.93. The number of hydrogen-bond donors (Lipinski definition) is 0. The molecule has 0 aliphatic rings. The average molecular weight is 404 g/mol. The second-order valence-electron chi connectivity index (χ2n) is 6.09. The first-order valence-corrected chi connectivity index (χ1v) is 9.08. The summed E-state index contributed by atoms with van der Waals surface area (Å²) in [5.41, 5.74) is 1.02. The predicted octanol–water partition coefficient (Wildman–Crippen LogP) is 4.86. The van der Waals surface area contributed by atoms with Crippen molar-refractivity contribution >= 4 is 17.5 Å². The molecule has 0 aromatic heterocycles. The number of rotatable bonds is 7. The first kappa shape index (κ1) is 20.7. The zero-order valence-electron chi connectivity index (χ0n) is 16.5.